The summed E-state index contributed by atoms with van der Waals surface area (Å²) in [5, 5.41) is 1.18. The van der Waals surface area contributed by atoms with Gasteiger partial charge in [-0.05, 0) is 74.6 Å². The normalized spacial score (nSPS) is 18.9. The molecule has 1 aliphatic heterocycles. The molecule has 3 aliphatic rings. The Balaban J connectivity index is 0.000000479. The number of nitrogens with zero attached hydrogens (tertiary/aromatic N) is 1. The van der Waals surface area contributed by atoms with Gasteiger partial charge in [0, 0.05) is 17.7 Å². The van der Waals surface area contributed by atoms with Crippen LogP contribution in [-0.4, -0.2) is 18.0 Å². The largest absolute Gasteiger partial charge is 2.00 e. The number of ether oxygens (including phenoxy) is 1. The summed E-state index contributed by atoms with van der Waals surface area (Å²) in [7, 11) is 0. The second kappa shape index (κ2) is 14.2. The van der Waals surface area contributed by atoms with Gasteiger partial charge >= 0.3 is 17.1 Å². The third-order valence-corrected chi connectivity index (χ3v) is 7.18. The van der Waals surface area contributed by atoms with Gasteiger partial charge < -0.3 is 4.74 Å². The number of aliphatic imine (C=N–C) groups is 1. The van der Waals surface area contributed by atoms with Crippen molar-refractivity contribution in [2.45, 2.75) is 23.3 Å². The summed E-state index contributed by atoms with van der Waals surface area (Å²) < 4.78 is 6.27. The Morgan fingerprint density at radius 3 is 1.70 bits per heavy atom. The molecule has 3 aromatic carbocycles. The van der Waals surface area contributed by atoms with Crippen LogP contribution >= 0.6 is 11.8 Å². The molecule has 2 nitrogen and oxygen atoms in total. The second-order valence-corrected chi connectivity index (χ2v) is 10.1. The molecule has 3 aromatic rings. The van der Waals surface area contributed by atoms with Gasteiger partial charge in [0.1, 0.15) is 12.1 Å². The predicted octanol–water partition coefficient (Wildman–Crippen LogP) is 7.18. The Hall–Kier alpha value is -2.00. The summed E-state index contributed by atoms with van der Waals surface area (Å²) in [5.74, 6) is 1.84. The van der Waals surface area contributed by atoms with Crippen molar-refractivity contribution in [1.82, 2.24) is 0 Å². The van der Waals surface area contributed by atoms with Crippen LogP contribution in [-0.2, 0) is 34.6 Å². The van der Waals surface area contributed by atoms with E-state index in [0.29, 0.717) is 6.61 Å². The first-order valence-corrected chi connectivity index (χ1v) is 13.1. The van der Waals surface area contributed by atoms with Crippen LogP contribution in [0.2, 0.25) is 0 Å². The molecule has 0 aromatic heterocycles. The molecule has 10 radical (unpaired) electrons. The van der Waals surface area contributed by atoms with Crippen molar-refractivity contribution in [3.05, 3.63) is 165 Å². The van der Waals surface area contributed by atoms with Gasteiger partial charge in [-0.15, -0.1) is 11.8 Å². The molecule has 0 N–H and O–H groups in total. The van der Waals surface area contributed by atoms with Crippen molar-refractivity contribution in [2.24, 2.45) is 4.99 Å². The van der Waals surface area contributed by atoms with E-state index in [2.05, 4.69) is 104 Å². The van der Waals surface area contributed by atoms with E-state index in [4.69, 9.17) is 9.73 Å². The maximum absolute atomic E-state index is 6.27. The fourth-order valence-corrected chi connectivity index (χ4v) is 5.38. The molecular formula is C33H29FeNOS+2. The van der Waals surface area contributed by atoms with Crippen LogP contribution in [0.4, 0.5) is 0 Å². The smallest absolute Gasteiger partial charge is 0.478 e. The third-order valence-electron chi connectivity index (χ3n) is 6.10. The molecule has 184 valence electrons. The molecule has 1 heterocycles. The molecule has 2 aliphatic carbocycles. The molecule has 2 saturated carbocycles. The van der Waals surface area contributed by atoms with Crippen molar-refractivity contribution in [1.29, 1.82) is 0 Å². The van der Waals surface area contributed by atoms with E-state index in [1.165, 1.54) is 21.3 Å². The van der Waals surface area contributed by atoms with E-state index in [-0.39, 0.29) is 22.6 Å². The van der Waals surface area contributed by atoms with Crippen LogP contribution < -0.4 is 0 Å². The zero-order valence-corrected chi connectivity index (χ0v) is 22.4. The molecule has 0 saturated heterocycles. The summed E-state index contributed by atoms with van der Waals surface area (Å²) in [5.41, 5.74) is 2.27. The van der Waals surface area contributed by atoms with Crippen molar-refractivity contribution in [3.8, 4) is 0 Å². The average Bonchev–Trinajstić information content (AvgIpc) is 3.70. The van der Waals surface area contributed by atoms with Gasteiger partial charge in [-0.3, -0.25) is 0 Å². The Morgan fingerprint density at radius 1 is 0.649 bits per heavy atom. The van der Waals surface area contributed by atoms with Crippen LogP contribution in [0.1, 0.15) is 11.1 Å². The van der Waals surface area contributed by atoms with E-state index >= 15 is 0 Å². The van der Waals surface area contributed by atoms with Gasteiger partial charge in [-0.1, -0.05) is 78.9 Å². The van der Waals surface area contributed by atoms with Gasteiger partial charge in [0.15, 0.2) is 5.90 Å². The SMILES string of the molecule is [CH]1[CH][CH][CH][CH]1.[CH]1[CH][C](Sc2ccccc2)[C](C2=NC(Cc3ccccc3)(Cc3ccccc3)CO2)[CH]1.[Fe+2]. The standard InChI is InChI=1S/C28H24NOS.C5H5.Fe/c1-4-11-22(12-5-1)19-28(20-23-13-6-2-7-14-23)21-30-27(29-28)25-17-10-18-26(25)31-24-15-8-3-9-16-24;1-2-4-5-3-1;/h1-18H,19-21H2;1-5H;/q;;+2. The minimum Gasteiger partial charge on any atom is -0.478 e. The zero-order valence-electron chi connectivity index (χ0n) is 20.5. The van der Waals surface area contributed by atoms with Gasteiger partial charge in [0.05, 0.1) is 11.2 Å². The second-order valence-electron chi connectivity index (χ2n) is 8.94. The summed E-state index contributed by atoms with van der Waals surface area (Å²) >= 11 is 1.76. The molecular weight excluding hydrogens is 514 g/mol. The summed E-state index contributed by atoms with van der Waals surface area (Å²) in [6.07, 6.45) is 18.1. The van der Waals surface area contributed by atoms with Gasteiger partial charge in [0.25, 0.3) is 0 Å². The summed E-state index contributed by atoms with van der Waals surface area (Å²) in [6.45, 7) is 0.590. The van der Waals surface area contributed by atoms with Crippen molar-refractivity contribution < 1.29 is 21.8 Å². The quantitative estimate of drug-likeness (QED) is 0.295. The van der Waals surface area contributed by atoms with Crippen molar-refractivity contribution in [3.63, 3.8) is 0 Å². The zero-order chi connectivity index (χ0) is 24.5. The molecule has 0 bridgehead atoms. The monoisotopic (exact) mass is 543 g/mol. The fraction of sp³-hybridized carbons (Fsp3) is 0.121. The number of thioether (sulfide) groups is 1. The molecule has 4 heteroatoms. The topological polar surface area (TPSA) is 21.6 Å². The minimum atomic E-state index is -0.302. The number of hydrogen-bond donors (Lipinski definition) is 0. The van der Waals surface area contributed by atoms with Crippen molar-refractivity contribution >= 4 is 17.7 Å². The van der Waals surface area contributed by atoms with Crippen LogP contribution in [0, 0.1) is 62.5 Å². The minimum absolute atomic E-state index is 0. The molecule has 37 heavy (non-hydrogen) atoms. The van der Waals surface area contributed by atoms with Crippen LogP contribution in [0.15, 0.2) is 101 Å². The Morgan fingerprint density at radius 2 is 1.16 bits per heavy atom. The molecule has 0 amide bonds. The first-order chi connectivity index (χ1) is 17.8. The fourth-order valence-electron chi connectivity index (χ4n) is 4.42. The Labute approximate surface area is 238 Å². The van der Waals surface area contributed by atoms with Gasteiger partial charge in [0.2, 0.25) is 0 Å². The number of benzene rings is 3. The third kappa shape index (κ3) is 7.99. The Bertz CT molecular complexity index is 1040. The number of rotatable bonds is 7. The summed E-state index contributed by atoms with van der Waals surface area (Å²) in [6, 6.07) is 31.7. The molecule has 2 fully saturated rings. The van der Waals surface area contributed by atoms with E-state index in [0.717, 1.165) is 24.7 Å². The van der Waals surface area contributed by atoms with Gasteiger partial charge in [-0.25, -0.2) is 4.99 Å². The maximum Gasteiger partial charge on any atom is 2.00 e. The molecule has 0 unspecified atom stereocenters. The Kier molecular flexibility index (Phi) is 10.8. The summed E-state index contributed by atoms with van der Waals surface area (Å²) in [4.78, 5) is 6.45. The van der Waals surface area contributed by atoms with E-state index in [9.17, 15) is 0 Å². The van der Waals surface area contributed by atoms with Crippen LogP contribution in [0.5, 0.6) is 0 Å². The molecule has 0 atom stereocenters. The van der Waals surface area contributed by atoms with Crippen LogP contribution in [0.3, 0.4) is 0 Å². The first-order valence-electron chi connectivity index (χ1n) is 12.3. The van der Waals surface area contributed by atoms with E-state index in [1.54, 1.807) is 11.8 Å². The first kappa shape index (κ1) is 28.0. The predicted molar refractivity (Wildman–Crippen MR) is 150 cm³/mol. The van der Waals surface area contributed by atoms with Crippen LogP contribution in [0.25, 0.3) is 0 Å². The molecule has 0 spiro atoms. The number of hydrogen-bond acceptors (Lipinski definition) is 3. The van der Waals surface area contributed by atoms with Gasteiger partial charge in [-0.2, -0.15) is 0 Å². The van der Waals surface area contributed by atoms with E-state index in [1.807, 2.05) is 38.2 Å². The molecule has 6 rings (SSSR count). The van der Waals surface area contributed by atoms with Crippen molar-refractivity contribution in [2.75, 3.05) is 6.61 Å². The average molecular weight is 544 g/mol. The maximum atomic E-state index is 6.27. The van der Waals surface area contributed by atoms with E-state index < -0.39 is 0 Å².